The molecule has 5 nitrogen and oxygen atoms in total. The van der Waals surface area contributed by atoms with Gasteiger partial charge in [-0.2, -0.15) is 0 Å². The van der Waals surface area contributed by atoms with Crippen molar-refractivity contribution in [2.45, 2.75) is 38.3 Å². The summed E-state index contributed by atoms with van der Waals surface area (Å²) in [6.07, 6.45) is 0.645. The van der Waals surface area contributed by atoms with Crippen molar-refractivity contribution in [3.8, 4) is 0 Å². The van der Waals surface area contributed by atoms with Gasteiger partial charge in [0.25, 0.3) is 0 Å². The molecule has 3 saturated carbocycles. The van der Waals surface area contributed by atoms with E-state index in [4.69, 9.17) is 14.2 Å². The number of fused-ring (bicyclic) bond motifs is 5. The molecular formula is C21H26O5. The maximum Gasteiger partial charge on any atom is 0.181 e. The average Bonchev–Trinajstić information content (AvgIpc) is 3.09. The average molecular weight is 358 g/mol. The molecule has 0 radical (unpaired) electrons. The van der Waals surface area contributed by atoms with E-state index in [0.29, 0.717) is 19.4 Å². The summed E-state index contributed by atoms with van der Waals surface area (Å²) in [5.41, 5.74) is 1.08. The van der Waals surface area contributed by atoms with Crippen molar-refractivity contribution in [1.29, 1.82) is 0 Å². The highest BCUT2D eigenvalue weighted by Gasteiger charge is 2.72. The highest BCUT2D eigenvalue weighted by molar-refractivity contribution is 5.90. The molecule has 140 valence electrons. The lowest BCUT2D eigenvalue weighted by atomic mass is 9.65. The Balaban J connectivity index is 1.64. The zero-order valence-electron chi connectivity index (χ0n) is 15.5. The molecule has 26 heavy (non-hydrogen) atoms. The molecule has 0 aromatic heterocycles. The Morgan fingerprint density at radius 3 is 2.38 bits per heavy atom. The number of rotatable bonds is 5. The minimum atomic E-state index is -0.912. The number of carbonyl (C=O) groups is 2. The zero-order chi connectivity index (χ0) is 18.5. The Bertz CT molecular complexity index is 696. The molecule has 0 aliphatic heterocycles. The van der Waals surface area contributed by atoms with Crippen LogP contribution >= 0.6 is 0 Å². The van der Waals surface area contributed by atoms with Crippen molar-refractivity contribution >= 4 is 11.6 Å². The molecule has 0 amide bonds. The lowest BCUT2D eigenvalue weighted by Crippen LogP contribution is -2.48. The van der Waals surface area contributed by atoms with Crippen LogP contribution in [0.3, 0.4) is 0 Å². The monoisotopic (exact) mass is 358 g/mol. The van der Waals surface area contributed by atoms with Crippen LogP contribution in [0.1, 0.15) is 25.3 Å². The molecule has 0 saturated heterocycles. The van der Waals surface area contributed by atoms with Crippen LogP contribution in [0.25, 0.3) is 0 Å². The molecule has 1 aromatic carbocycles. The molecule has 0 N–H and O–H groups in total. The van der Waals surface area contributed by atoms with Gasteiger partial charge in [-0.05, 0) is 17.4 Å². The molecule has 0 unspecified atom stereocenters. The van der Waals surface area contributed by atoms with Gasteiger partial charge in [-0.1, -0.05) is 37.3 Å². The van der Waals surface area contributed by atoms with Crippen LogP contribution in [0, 0.1) is 29.6 Å². The predicted molar refractivity (Wildman–Crippen MR) is 94.1 cm³/mol. The molecule has 1 aromatic rings. The SMILES string of the molecule is COC1(OC)[C@@H]2CC(=O)[C@H]1[C@H]1CC(=O)[C@H](C)[C@@H](OCc3ccccc3)[C@H]12. The summed E-state index contributed by atoms with van der Waals surface area (Å²) in [5.74, 6) is -1.14. The quantitative estimate of drug-likeness (QED) is 0.757. The predicted octanol–water partition coefficient (Wildman–Crippen LogP) is 2.62. The number of ether oxygens (including phenoxy) is 3. The normalized spacial score (nSPS) is 37.8. The van der Waals surface area contributed by atoms with Crippen LogP contribution in [0.15, 0.2) is 30.3 Å². The first-order valence-corrected chi connectivity index (χ1v) is 9.34. The third kappa shape index (κ3) is 2.41. The molecule has 3 fully saturated rings. The molecule has 0 spiro atoms. The Morgan fingerprint density at radius 2 is 1.73 bits per heavy atom. The highest BCUT2D eigenvalue weighted by Crippen LogP contribution is 2.63. The largest absolute Gasteiger partial charge is 0.372 e. The van der Waals surface area contributed by atoms with E-state index in [0.717, 1.165) is 5.56 Å². The Morgan fingerprint density at radius 1 is 1.04 bits per heavy atom. The summed E-state index contributed by atoms with van der Waals surface area (Å²) in [5, 5.41) is 0. The van der Waals surface area contributed by atoms with E-state index < -0.39 is 5.79 Å². The Kier molecular flexibility index (Phi) is 4.49. The van der Waals surface area contributed by atoms with Gasteiger partial charge in [0.1, 0.15) is 11.6 Å². The fourth-order valence-corrected chi connectivity index (χ4v) is 5.73. The second-order valence-electron chi connectivity index (χ2n) is 7.85. The number of ketones is 2. The van der Waals surface area contributed by atoms with Crippen molar-refractivity contribution in [3.63, 3.8) is 0 Å². The first kappa shape index (κ1) is 17.8. The third-order valence-corrected chi connectivity index (χ3v) is 6.85. The number of carbonyl (C=O) groups excluding carboxylic acids is 2. The van der Waals surface area contributed by atoms with Crippen LogP contribution < -0.4 is 0 Å². The van der Waals surface area contributed by atoms with Crippen molar-refractivity contribution in [2.24, 2.45) is 29.6 Å². The van der Waals surface area contributed by atoms with Crippen molar-refractivity contribution in [1.82, 2.24) is 0 Å². The molecule has 2 bridgehead atoms. The van der Waals surface area contributed by atoms with Gasteiger partial charge in [0, 0.05) is 38.9 Å². The van der Waals surface area contributed by atoms with Gasteiger partial charge in [-0.25, -0.2) is 0 Å². The number of benzene rings is 1. The topological polar surface area (TPSA) is 61.8 Å². The summed E-state index contributed by atoms with van der Waals surface area (Å²) in [6, 6.07) is 9.97. The van der Waals surface area contributed by atoms with E-state index in [1.165, 1.54) is 0 Å². The van der Waals surface area contributed by atoms with E-state index in [2.05, 4.69) is 0 Å². The minimum Gasteiger partial charge on any atom is -0.372 e. The summed E-state index contributed by atoms with van der Waals surface area (Å²) in [4.78, 5) is 25.2. The smallest absolute Gasteiger partial charge is 0.181 e. The summed E-state index contributed by atoms with van der Waals surface area (Å²) in [6.45, 7) is 2.41. The molecular weight excluding hydrogens is 332 g/mol. The van der Waals surface area contributed by atoms with Crippen molar-refractivity contribution in [2.75, 3.05) is 14.2 Å². The van der Waals surface area contributed by atoms with Gasteiger partial charge >= 0.3 is 0 Å². The van der Waals surface area contributed by atoms with Gasteiger partial charge in [-0.15, -0.1) is 0 Å². The van der Waals surface area contributed by atoms with Gasteiger partial charge in [0.05, 0.1) is 18.6 Å². The van der Waals surface area contributed by atoms with E-state index in [-0.39, 0.29) is 47.3 Å². The van der Waals surface area contributed by atoms with Crippen LogP contribution in [0.5, 0.6) is 0 Å². The van der Waals surface area contributed by atoms with Gasteiger partial charge < -0.3 is 14.2 Å². The van der Waals surface area contributed by atoms with Gasteiger partial charge in [-0.3, -0.25) is 9.59 Å². The lowest BCUT2D eigenvalue weighted by molar-refractivity contribution is -0.239. The highest BCUT2D eigenvalue weighted by atomic mass is 16.7. The lowest BCUT2D eigenvalue weighted by Gasteiger charge is -2.42. The second-order valence-corrected chi connectivity index (χ2v) is 7.85. The molecule has 3 aliphatic rings. The van der Waals surface area contributed by atoms with Gasteiger partial charge in [0.15, 0.2) is 5.79 Å². The Labute approximate surface area is 154 Å². The molecule has 0 heterocycles. The number of hydrogen-bond acceptors (Lipinski definition) is 5. The maximum absolute atomic E-state index is 12.7. The zero-order valence-corrected chi connectivity index (χ0v) is 15.5. The summed E-state index contributed by atoms with van der Waals surface area (Å²) < 4.78 is 17.8. The third-order valence-electron chi connectivity index (χ3n) is 6.85. The number of hydrogen-bond donors (Lipinski definition) is 0. The van der Waals surface area contributed by atoms with E-state index in [9.17, 15) is 9.59 Å². The first-order valence-electron chi connectivity index (χ1n) is 9.34. The molecule has 4 rings (SSSR count). The molecule has 5 heteroatoms. The van der Waals surface area contributed by atoms with Crippen LogP contribution in [-0.4, -0.2) is 37.7 Å². The molecule has 3 aliphatic carbocycles. The van der Waals surface area contributed by atoms with Crippen LogP contribution in [0.4, 0.5) is 0 Å². The minimum absolute atomic E-state index is 0.0503. The number of methoxy groups -OCH3 is 2. The van der Waals surface area contributed by atoms with E-state index in [1.54, 1.807) is 14.2 Å². The number of Topliss-reactive ketones (excluding diaryl/α,β-unsaturated/α-hetero) is 2. The summed E-state index contributed by atoms with van der Waals surface area (Å²) >= 11 is 0. The standard InChI is InChI=1S/C21H26O5/c1-12-16(22)9-14-18(20(12)26-11-13-7-5-4-6-8-13)15-10-17(23)19(14)21(15,24-2)25-3/h4-8,12,14-15,18-20H,9-11H2,1-3H3/t12-,14-,15+,18+,19+,20+/m0/s1. The summed E-state index contributed by atoms with van der Waals surface area (Å²) in [7, 11) is 3.20. The van der Waals surface area contributed by atoms with Crippen LogP contribution in [0.2, 0.25) is 0 Å². The maximum atomic E-state index is 12.7. The first-order chi connectivity index (χ1) is 12.5. The van der Waals surface area contributed by atoms with E-state index >= 15 is 0 Å². The fourth-order valence-electron chi connectivity index (χ4n) is 5.73. The van der Waals surface area contributed by atoms with Crippen LogP contribution in [-0.2, 0) is 30.4 Å². The van der Waals surface area contributed by atoms with Crippen molar-refractivity contribution < 1.29 is 23.8 Å². The van der Waals surface area contributed by atoms with Crippen molar-refractivity contribution in [3.05, 3.63) is 35.9 Å². The Hall–Kier alpha value is -1.56. The second kappa shape index (κ2) is 6.55. The van der Waals surface area contributed by atoms with E-state index in [1.807, 2.05) is 37.3 Å². The molecule has 6 atom stereocenters. The van der Waals surface area contributed by atoms with Gasteiger partial charge in [0.2, 0.25) is 0 Å². The fraction of sp³-hybridized carbons (Fsp3) is 0.619.